The van der Waals surface area contributed by atoms with Crippen LogP contribution in [0.5, 0.6) is 0 Å². The minimum Gasteiger partial charge on any atom is -0.387 e. The van der Waals surface area contributed by atoms with E-state index in [1.807, 2.05) is 50.2 Å². The third kappa shape index (κ3) is 3.16. The Hall–Kier alpha value is -2.89. The number of benzene rings is 3. The van der Waals surface area contributed by atoms with Crippen molar-refractivity contribution < 1.29 is 13.5 Å². The largest absolute Gasteiger partial charge is 0.387 e. The molecule has 4 nitrogen and oxygen atoms in total. The maximum absolute atomic E-state index is 13.5. The monoisotopic (exact) mass is 405 g/mol. The van der Waals surface area contributed by atoms with Crippen molar-refractivity contribution in [2.75, 3.05) is 4.31 Å². The highest BCUT2D eigenvalue weighted by Crippen LogP contribution is 2.51. The fourth-order valence-corrected chi connectivity index (χ4v) is 5.48. The number of aliphatic hydroxyl groups excluding tert-OH is 1. The van der Waals surface area contributed by atoms with Crippen molar-refractivity contribution in [3.8, 4) is 0 Å². The first-order chi connectivity index (χ1) is 13.8. The van der Waals surface area contributed by atoms with Gasteiger partial charge in [0, 0.05) is 5.70 Å². The minimum atomic E-state index is -3.85. The predicted octanol–water partition coefficient (Wildman–Crippen LogP) is 4.84. The maximum atomic E-state index is 13.5. The van der Waals surface area contributed by atoms with Gasteiger partial charge in [-0.05, 0) is 48.7 Å². The first-order valence-electron chi connectivity index (χ1n) is 9.45. The second-order valence-electron chi connectivity index (χ2n) is 7.41. The molecule has 0 bridgehead atoms. The van der Waals surface area contributed by atoms with Gasteiger partial charge in [0.05, 0.1) is 22.6 Å². The van der Waals surface area contributed by atoms with Crippen molar-refractivity contribution in [3.05, 3.63) is 107 Å². The second kappa shape index (κ2) is 7.17. The summed E-state index contributed by atoms with van der Waals surface area (Å²) < 4.78 is 28.2. The summed E-state index contributed by atoms with van der Waals surface area (Å²) in [5, 5.41) is 11.2. The first-order valence-corrected chi connectivity index (χ1v) is 10.9. The Balaban J connectivity index is 1.83. The van der Waals surface area contributed by atoms with Crippen LogP contribution in [-0.2, 0) is 10.0 Å². The Labute approximate surface area is 171 Å². The summed E-state index contributed by atoms with van der Waals surface area (Å²) in [6.45, 7) is 7.95. The van der Waals surface area contributed by atoms with E-state index in [0.717, 1.165) is 22.3 Å². The molecule has 3 aromatic rings. The van der Waals surface area contributed by atoms with E-state index in [9.17, 15) is 13.5 Å². The molecule has 0 saturated carbocycles. The molecule has 5 heteroatoms. The number of sulfonamides is 1. The second-order valence-corrected chi connectivity index (χ2v) is 9.20. The number of hydrogen-bond acceptors (Lipinski definition) is 3. The fourth-order valence-electron chi connectivity index (χ4n) is 3.95. The molecule has 1 N–H and O–H groups in total. The summed E-state index contributed by atoms with van der Waals surface area (Å²) >= 11 is 0. The molecule has 0 aromatic heterocycles. The Kier molecular flexibility index (Phi) is 4.81. The quantitative estimate of drug-likeness (QED) is 0.675. The lowest BCUT2D eigenvalue weighted by molar-refractivity contribution is 0.159. The minimum absolute atomic E-state index is 0.199. The number of para-hydroxylation sites is 1. The molecule has 0 spiro atoms. The van der Waals surface area contributed by atoms with Crippen LogP contribution < -0.4 is 4.31 Å². The lowest BCUT2D eigenvalue weighted by Gasteiger charge is -2.25. The van der Waals surface area contributed by atoms with Gasteiger partial charge in [0.25, 0.3) is 10.0 Å². The van der Waals surface area contributed by atoms with Gasteiger partial charge in [0.2, 0.25) is 0 Å². The molecule has 0 radical (unpaired) electrons. The van der Waals surface area contributed by atoms with Crippen LogP contribution in [-0.4, -0.2) is 13.5 Å². The Bertz CT molecular complexity index is 1180. The van der Waals surface area contributed by atoms with Gasteiger partial charge in [0.15, 0.2) is 0 Å². The third-order valence-electron chi connectivity index (χ3n) is 5.49. The fraction of sp³-hybridized carbons (Fsp3) is 0.167. The maximum Gasteiger partial charge on any atom is 0.268 e. The zero-order chi connectivity index (χ0) is 20.8. The van der Waals surface area contributed by atoms with Crippen LogP contribution in [0.4, 0.5) is 5.69 Å². The number of hydrogen-bond donors (Lipinski definition) is 1. The molecule has 148 valence electrons. The Morgan fingerprint density at radius 2 is 1.55 bits per heavy atom. The highest BCUT2D eigenvalue weighted by molar-refractivity contribution is 7.93. The summed E-state index contributed by atoms with van der Waals surface area (Å²) in [5.74, 6) is -0.549. The molecule has 1 aliphatic rings. The van der Waals surface area contributed by atoms with E-state index in [1.165, 1.54) is 4.31 Å². The van der Waals surface area contributed by atoms with Gasteiger partial charge >= 0.3 is 0 Å². The van der Waals surface area contributed by atoms with E-state index in [4.69, 9.17) is 0 Å². The predicted molar refractivity (Wildman–Crippen MR) is 115 cm³/mol. The van der Waals surface area contributed by atoms with Gasteiger partial charge in [0.1, 0.15) is 0 Å². The molecule has 0 fully saturated rings. The van der Waals surface area contributed by atoms with Gasteiger partial charge in [-0.3, -0.25) is 0 Å². The van der Waals surface area contributed by atoms with Gasteiger partial charge in [-0.15, -0.1) is 0 Å². The number of rotatable bonds is 4. The summed E-state index contributed by atoms with van der Waals surface area (Å²) in [6.07, 6.45) is -0.900. The average molecular weight is 406 g/mol. The average Bonchev–Trinajstić information content (AvgIpc) is 3.00. The van der Waals surface area contributed by atoms with E-state index in [1.54, 1.807) is 36.4 Å². The molecule has 0 saturated heterocycles. The van der Waals surface area contributed by atoms with Gasteiger partial charge in [-0.1, -0.05) is 66.7 Å². The molecule has 2 atom stereocenters. The standard InChI is InChI=1S/C24H23NO3S/c1-16-12-14-19(15-13-16)29(27,28)25-18(3)23(21-10-6-7-11-22(21)25)24(26)20-9-5-4-8-17(20)2/h4-15,23-24,26H,3H2,1-2H3/t23-,24-/m1/s1. The van der Waals surface area contributed by atoms with Gasteiger partial charge in [-0.25, -0.2) is 12.7 Å². The first kappa shape index (κ1) is 19.4. The Morgan fingerprint density at radius 3 is 2.24 bits per heavy atom. The summed E-state index contributed by atoms with van der Waals surface area (Å²) in [7, 11) is -3.85. The van der Waals surface area contributed by atoms with Crippen molar-refractivity contribution in [2.45, 2.75) is 30.8 Å². The molecular formula is C24H23NO3S. The van der Waals surface area contributed by atoms with Crippen molar-refractivity contribution in [3.63, 3.8) is 0 Å². The van der Waals surface area contributed by atoms with Crippen LogP contribution in [0.3, 0.4) is 0 Å². The number of fused-ring (bicyclic) bond motifs is 1. The van der Waals surface area contributed by atoms with E-state index in [-0.39, 0.29) is 4.90 Å². The molecule has 0 unspecified atom stereocenters. The van der Waals surface area contributed by atoms with E-state index in [2.05, 4.69) is 6.58 Å². The number of nitrogens with zero attached hydrogens (tertiary/aromatic N) is 1. The molecule has 3 aromatic carbocycles. The molecule has 0 aliphatic carbocycles. The van der Waals surface area contributed by atoms with E-state index in [0.29, 0.717) is 11.4 Å². The molecular weight excluding hydrogens is 382 g/mol. The molecule has 1 aliphatic heterocycles. The number of aliphatic hydroxyl groups is 1. The lowest BCUT2D eigenvalue weighted by atomic mass is 9.87. The SMILES string of the molecule is C=C1[C@@H]([C@H](O)c2ccccc2C)c2ccccc2N1S(=O)(=O)c1ccc(C)cc1. The van der Waals surface area contributed by atoms with Crippen LogP contribution in [0.15, 0.2) is 90.0 Å². The van der Waals surface area contributed by atoms with E-state index >= 15 is 0 Å². The molecule has 4 rings (SSSR count). The number of aryl methyl sites for hydroxylation is 2. The highest BCUT2D eigenvalue weighted by Gasteiger charge is 2.43. The third-order valence-corrected chi connectivity index (χ3v) is 7.27. The van der Waals surface area contributed by atoms with Crippen LogP contribution in [0, 0.1) is 13.8 Å². The zero-order valence-electron chi connectivity index (χ0n) is 16.4. The van der Waals surface area contributed by atoms with Crippen molar-refractivity contribution >= 4 is 15.7 Å². The highest BCUT2D eigenvalue weighted by atomic mass is 32.2. The van der Waals surface area contributed by atoms with Crippen molar-refractivity contribution in [1.29, 1.82) is 0 Å². The van der Waals surface area contributed by atoms with Crippen LogP contribution >= 0.6 is 0 Å². The Morgan fingerprint density at radius 1 is 0.931 bits per heavy atom. The topological polar surface area (TPSA) is 57.6 Å². The molecule has 0 amide bonds. The van der Waals surface area contributed by atoms with Gasteiger partial charge in [-0.2, -0.15) is 0 Å². The van der Waals surface area contributed by atoms with E-state index < -0.39 is 22.0 Å². The van der Waals surface area contributed by atoms with Crippen molar-refractivity contribution in [2.24, 2.45) is 0 Å². The molecule has 1 heterocycles. The van der Waals surface area contributed by atoms with Crippen LogP contribution in [0.1, 0.15) is 34.3 Å². The van der Waals surface area contributed by atoms with Crippen LogP contribution in [0.25, 0.3) is 0 Å². The van der Waals surface area contributed by atoms with Crippen LogP contribution in [0.2, 0.25) is 0 Å². The number of anilines is 1. The molecule has 29 heavy (non-hydrogen) atoms. The summed E-state index contributed by atoms with van der Waals surface area (Å²) in [4.78, 5) is 0.199. The summed E-state index contributed by atoms with van der Waals surface area (Å²) in [5.41, 5.74) is 4.34. The van der Waals surface area contributed by atoms with Gasteiger partial charge < -0.3 is 5.11 Å². The normalized spacial score (nSPS) is 17.3. The van der Waals surface area contributed by atoms with Crippen molar-refractivity contribution in [1.82, 2.24) is 0 Å². The lowest BCUT2D eigenvalue weighted by Crippen LogP contribution is -2.29. The smallest absolute Gasteiger partial charge is 0.268 e. The summed E-state index contributed by atoms with van der Waals surface area (Å²) in [6, 6.07) is 21.6. The zero-order valence-corrected chi connectivity index (χ0v) is 17.2.